The Morgan fingerprint density at radius 3 is 2.61 bits per heavy atom. The van der Waals surface area contributed by atoms with Crippen LogP contribution in [0.1, 0.15) is 44.6 Å². The average Bonchev–Trinajstić information content (AvgIpc) is 3.16. The number of carbonyl (C=O) groups excluding carboxylic acids is 1. The highest BCUT2D eigenvalue weighted by atomic mass is 35.5. The minimum Gasteiger partial charge on any atom is -0.496 e. The van der Waals surface area contributed by atoms with Gasteiger partial charge < -0.3 is 14.5 Å². The van der Waals surface area contributed by atoms with Crippen LogP contribution in [0, 0.1) is 0 Å². The standard InChI is InChI=1S/C25H25Cl2NO3/c1-15(10-25(29)28-17-6-4-3-5-7-17)19-12-20-21(14-31-24(20)13-23(19)30-2)18-9-8-16(26)11-22(18)27/h8-14,17H,3-7H2,1-2H3,(H,28,29)/b15-10+. The third-order valence-electron chi connectivity index (χ3n) is 5.84. The van der Waals surface area contributed by atoms with E-state index in [1.165, 1.54) is 19.3 Å². The van der Waals surface area contributed by atoms with Gasteiger partial charge in [-0.05, 0) is 43.5 Å². The van der Waals surface area contributed by atoms with E-state index in [9.17, 15) is 4.79 Å². The molecule has 1 fully saturated rings. The predicted octanol–water partition coefficient (Wildman–Crippen LogP) is 7.27. The molecule has 4 rings (SSSR count). The van der Waals surface area contributed by atoms with Crippen LogP contribution in [0.2, 0.25) is 10.0 Å². The van der Waals surface area contributed by atoms with Crippen LogP contribution >= 0.6 is 23.2 Å². The Hall–Kier alpha value is -2.43. The van der Waals surface area contributed by atoms with Gasteiger partial charge in [0.1, 0.15) is 11.3 Å². The maximum Gasteiger partial charge on any atom is 0.244 e. The molecule has 1 saturated carbocycles. The highest BCUT2D eigenvalue weighted by molar-refractivity contribution is 6.36. The molecule has 31 heavy (non-hydrogen) atoms. The first-order chi connectivity index (χ1) is 15.0. The molecule has 0 atom stereocenters. The van der Waals surface area contributed by atoms with E-state index in [2.05, 4.69) is 5.32 Å². The molecule has 0 aliphatic heterocycles. The lowest BCUT2D eigenvalue weighted by atomic mass is 9.95. The van der Waals surface area contributed by atoms with Crippen LogP contribution in [-0.4, -0.2) is 19.1 Å². The molecular formula is C25H25Cl2NO3. The number of ether oxygens (including phenoxy) is 1. The van der Waals surface area contributed by atoms with Crippen LogP contribution in [0.4, 0.5) is 0 Å². The molecule has 0 bridgehead atoms. The van der Waals surface area contributed by atoms with Gasteiger partial charge in [0, 0.05) is 45.3 Å². The van der Waals surface area contributed by atoms with Gasteiger partial charge in [-0.25, -0.2) is 0 Å². The van der Waals surface area contributed by atoms with Crippen LogP contribution in [0.5, 0.6) is 5.75 Å². The van der Waals surface area contributed by atoms with E-state index >= 15 is 0 Å². The summed E-state index contributed by atoms with van der Waals surface area (Å²) in [5.74, 6) is 0.578. The van der Waals surface area contributed by atoms with Gasteiger partial charge in [-0.1, -0.05) is 48.5 Å². The number of rotatable bonds is 5. The number of allylic oxidation sites excluding steroid dienone is 1. The molecule has 1 amide bonds. The zero-order valence-corrected chi connectivity index (χ0v) is 19.1. The number of methoxy groups -OCH3 is 1. The smallest absolute Gasteiger partial charge is 0.244 e. The van der Waals surface area contributed by atoms with Crippen molar-refractivity contribution in [1.29, 1.82) is 0 Å². The monoisotopic (exact) mass is 457 g/mol. The first kappa shape index (κ1) is 21.8. The quantitative estimate of drug-likeness (QED) is 0.409. The zero-order valence-electron chi connectivity index (χ0n) is 17.6. The van der Waals surface area contributed by atoms with Gasteiger partial charge in [0.2, 0.25) is 5.91 Å². The van der Waals surface area contributed by atoms with Crippen LogP contribution in [0.3, 0.4) is 0 Å². The molecule has 1 aliphatic carbocycles. The summed E-state index contributed by atoms with van der Waals surface area (Å²) in [4.78, 5) is 12.6. The van der Waals surface area contributed by atoms with E-state index in [1.807, 2.05) is 25.1 Å². The summed E-state index contributed by atoms with van der Waals surface area (Å²) in [7, 11) is 1.61. The molecule has 0 radical (unpaired) electrons. The van der Waals surface area contributed by atoms with E-state index in [-0.39, 0.29) is 11.9 Å². The normalized spacial score (nSPS) is 15.3. The van der Waals surface area contributed by atoms with Crippen molar-refractivity contribution in [2.75, 3.05) is 7.11 Å². The third kappa shape index (κ3) is 4.76. The van der Waals surface area contributed by atoms with Crippen molar-refractivity contribution in [2.24, 2.45) is 0 Å². The number of benzene rings is 2. The third-order valence-corrected chi connectivity index (χ3v) is 6.39. The molecule has 1 heterocycles. The van der Waals surface area contributed by atoms with Gasteiger partial charge in [0.25, 0.3) is 0 Å². The predicted molar refractivity (Wildman–Crippen MR) is 127 cm³/mol. The molecule has 6 heteroatoms. The highest BCUT2D eigenvalue weighted by Crippen LogP contribution is 2.40. The van der Waals surface area contributed by atoms with Gasteiger partial charge in [-0.2, -0.15) is 0 Å². The van der Waals surface area contributed by atoms with E-state index < -0.39 is 0 Å². The second-order valence-corrected chi connectivity index (χ2v) is 8.84. The van der Waals surface area contributed by atoms with Crippen molar-refractivity contribution in [3.63, 3.8) is 0 Å². The van der Waals surface area contributed by atoms with Crippen molar-refractivity contribution < 1.29 is 13.9 Å². The van der Waals surface area contributed by atoms with E-state index in [4.69, 9.17) is 32.4 Å². The van der Waals surface area contributed by atoms with Gasteiger partial charge >= 0.3 is 0 Å². The number of fused-ring (bicyclic) bond motifs is 1. The number of carbonyl (C=O) groups is 1. The summed E-state index contributed by atoms with van der Waals surface area (Å²) in [6.45, 7) is 1.92. The van der Waals surface area contributed by atoms with Crippen LogP contribution < -0.4 is 10.1 Å². The fraction of sp³-hybridized carbons (Fsp3) is 0.320. The molecule has 3 aromatic rings. The first-order valence-corrected chi connectivity index (χ1v) is 11.3. The Morgan fingerprint density at radius 2 is 1.90 bits per heavy atom. The van der Waals surface area contributed by atoms with Crippen LogP contribution in [0.15, 0.2) is 47.1 Å². The molecule has 0 unspecified atom stereocenters. The number of hydrogen-bond acceptors (Lipinski definition) is 3. The summed E-state index contributed by atoms with van der Waals surface area (Å²) >= 11 is 12.5. The molecule has 162 valence electrons. The fourth-order valence-corrected chi connectivity index (χ4v) is 4.72. The molecular weight excluding hydrogens is 433 g/mol. The average molecular weight is 458 g/mol. The number of hydrogen-bond donors (Lipinski definition) is 1. The molecule has 1 aliphatic rings. The molecule has 4 nitrogen and oxygen atoms in total. The Morgan fingerprint density at radius 1 is 1.13 bits per heavy atom. The van der Waals surface area contributed by atoms with Crippen molar-refractivity contribution in [3.05, 3.63) is 58.3 Å². The summed E-state index contributed by atoms with van der Waals surface area (Å²) in [5.41, 5.74) is 4.03. The van der Waals surface area contributed by atoms with Gasteiger partial charge in [0.15, 0.2) is 0 Å². The Bertz CT molecular complexity index is 1140. The minimum absolute atomic E-state index is 0.0697. The summed E-state index contributed by atoms with van der Waals surface area (Å²) in [6, 6.07) is 9.47. The number of furan rings is 1. The van der Waals surface area contributed by atoms with Gasteiger partial charge in [-0.15, -0.1) is 0 Å². The maximum atomic E-state index is 12.6. The maximum absolute atomic E-state index is 12.6. The molecule has 0 spiro atoms. The molecule has 1 aromatic heterocycles. The summed E-state index contributed by atoms with van der Waals surface area (Å²) < 4.78 is 11.4. The van der Waals surface area contributed by atoms with E-state index in [0.29, 0.717) is 21.4 Å². The largest absolute Gasteiger partial charge is 0.496 e. The second-order valence-electron chi connectivity index (χ2n) is 7.99. The summed E-state index contributed by atoms with van der Waals surface area (Å²) in [6.07, 6.45) is 9.03. The fourth-order valence-electron chi connectivity index (χ4n) is 4.21. The molecule has 1 N–H and O–H groups in total. The van der Waals surface area contributed by atoms with Gasteiger partial charge in [0.05, 0.1) is 18.4 Å². The SMILES string of the molecule is COc1cc2occ(-c3ccc(Cl)cc3Cl)c2cc1/C(C)=C/C(=O)NC1CCCCC1. The van der Waals surface area contributed by atoms with Crippen LogP contribution in [0.25, 0.3) is 27.7 Å². The number of nitrogens with one attached hydrogen (secondary N) is 1. The topological polar surface area (TPSA) is 51.5 Å². The number of amides is 1. The van der Waals surface area contributed by atoms with Crippen molar-refractivity contribution >= 4 is 45.7 Å². The van der Waals surface area contributed by atoms with Crippen LogP contribution in [-0.2, 0) is 4.79 Å². The lowest BCUT2D eigenvalue weighted by Gasteiger charge is -2.22. The number of halogens is 2. The van der Waals surface area contributed by atoms with Crippen molar-refractivity contribution in [1.82, 2.24) is 5.32 Å². The molecule has 2 aromatic carbocycles. The second kappa shape index (κ2) is 9.37. The Balaban J connectivity index is 1.70. The van der Waals surface area contributed by atoms with Crippen molar-refractivity contribution in [3.8, 4) is 16.9 Å². The summed E-state index contributed by atoms with van der Waals surface area (Å²) in [5, 5.41) is 5.15. The Labute approximate surface area is 192 Å². The van der Waals surface area contributed by atoms with E-state index in [1.54, 1.807) is 31.6 Å². The lowest BCUT2D eigenvalue weighted by Crippen LogP contribution is -2.35. The molecule has 0 saturated heterocycles. The lowest BCUT2D eigenvalue weighted by molar-refractivity contribution is -0.117. The van der Waals surface area contributed by atoms with Gasteiger partial charge in [-0.3, -0.25) is 4.79 Å². The Kier molecular flexibility index (Phi) is 6.59. The first-order valence-electron chi connectivity index (χ1n) is 10.5. The minimum atomic E-state index is -0.0697. The zero-order chi connectivity index (χ0) is 22.0. The van der Waals surface area contributed by atoms with Crippen molar-refractivity contribution in [2.45, 2.75) is 45.1 Å². The van der Waals surface area contributed by atoms with E-state index in [0.717, 1.165) is 40.5 Å². The highest BCUT2D eigenvalue weighted by Gasteiger charge is 2.18.